The molecule has 0 aliphatic rings. The second-order valence-electron chi connectivity index (χ2n) is 4.35. The van der Waals surface area contributed by atoms with Crippen LogP contribution in [0.25, 0.3) is 0 Å². The Labute approximate surface area is 137 Å². The lowest BCUT2D eigenvalue weighted by atomic mass is 10.4. The Hall–Kier alpha value is -0.960. The van der Waals surface area contributed by atoms with E-state index in [9.17, 15) is 8.42 Å². The molecule has 0 radical (unpaired) electrons. The number of rotatable bonds is 7. The van der Waals surface area contributed by atoms with Gasteiger partial charge in [-0.25, -0.2) is 8.42 Å². The van der Waals surface area contributed by atoms with Crippen LogP contribution in [0, 0.1) is 0 Å². The smallest absolute Gasteiger partial charge is 0.263 e. The fourth-order valence-electron chi connectivity index (χ4n) is 1.73. The van der Waals surface area contributed by atoms with Crippen molar-refractivity contribution in [3.8, 4) is 0 Å². The largest absolute Gasteiger partial charge is 0.312 e. The van der Waals surface area contributed by atoms with Crippen LogP contribution in [0.4, 0.5) is 5.69 Å². The second-order valence-corrected chi connectivity index (χ2v) is 7.85. The van der Waals surface area contributed by atoms with Gasteiger partial charge >= 0.3 is 0 Å². The van der Waals surface area contributed by atoms with Crippen molar-refractivity contribution in [3.63, 3.8) is 0 Å². The third-order valence-electron chi connectivity index (χ3n) is 2.72. The molecule has 0 aliphatic heterocycles. The average molecular weight is 390 g/mol. The highest BCUT2D eigenvalue weighted by Gasteiger charge is 2.20. The molecule has 8 heteroatoms. The van der Waals surface area contributed by atoms with Crippen molar-refractivity contribution < 1.29 is 8.42 Å². The summed E-state index contributed by atoms with van der Waals surface area (Å²) in [6.45, 7) is 3.49. The number of aromatic nitrogens is 1. The predicted molar refractivity (Wildman–Crippen MR) is 89.1 cm³/mol. The van der Waals surface area contributed by atoms with Crippen LogP contribution in [0.1, 0.15) is 18.2 Å². The van der Waals surface area contributed by atoms with Crippen LogP contribution in [-0.2, 0) is 16.6 Å². The highest BCUT2D eigenvalue weighted by molar-refractivity contribution is 9.10. The third-order valence-corrected chi connectivity index (χ3v) is 5.86. The zero-order valence-corrected chi connectivity index (χ0v) is 14.7. The standard InChI is InChI=1S/C13H16BrN3O2S2/c1-2-5-15-9-12-13(4-7-20-12)21(18,19)17-11-3-6-16-8-10(11)14/h3-4,6-8,15H,2,5,9H2,1H3,(H,16,17). The molecule has 0 aromatic carbocycles. The Morgan fingerprint density at radius 1 is 1.38 bits per heavy atom. The highest BCUT2D eigenvalue weighted by atomic mass is 79.9. The van der Waals surface area contributed by atoms with Crippen molar-refractivity contribution in [1.29, 1.82) is 0 Å². The van der Waals surface area contributed by atoms with Crippen molar-refractivity contribution in [2.24, 2.45) is 0 Å². The minimum absolute atomic E-state index is 0.319. The number of halogens is 1. The predicted octanol–water partition coefficient (Wildman–Crippen LogP) is 3.21. The van der Waals surface area contributed by atoms with Gasteiger partial charge in [0, 0.05) is 23.8 Å². The van der Waals surface area contributed by atoms with Crippen molar-refractivity contribution >= 4 is 43.0 Å². The molecular weight excluding hydrogens is 374 g/mol. The van der Waals surface area contributed by atoms with E-state index in [2.05, 4.69) is 37.9 Å². The number of nitrogens with one attached hydrogen (secondary N) is 2. The maximum Gasteiger partial charge on any atom is 0.263 e. The number of pyridine rings is 1. The number of anilines is 1. The highest BCUT2D eigenvalue weighted by Crippen LogP contribution is 2.27. The summed E-state index contributed by atoms with van der Waals surface area (Å²) in [5.74, 6) is 0. The molecule has 2 rings (SSSR count). The van der Waals surface area contributed by atoms with Crippen LogP contribution in [0.3, 0.4) is 0 Å². The number of hydrogen-bond donors (Lipinski definition) is 2. The van der Waals surface area contributed by atoms with Gasteiger partial charge in [0.05, 0.1) is 10.2 Å². The van der Waals surface area contributed by atoms with Gasteiger partial charge in [0.1, 0.15) is 4.90 Å². The normalized spacial score (nSPS) is 11.5. The van der Waals surface area contributed by atoms with E-state index in [1.54, 1.807) is 29.9 Å². The van der Waals surface area contributed by atoms with Crippen molar-refractivity contribution in [1.82, 2.24) is 10.3 Å². The van der Waals surface area contributed by atoms with E-state index in [1.807, 2.05) is 0 Å². The van der Waals surface area contributed by atoms with E-state index in [0.717, 1.165) is 17.8 Å². The summed E-state index contributed by atoms with van der Waals surface area (Å²) in [7, 11) is -3.60. The van der Waals surface area contributed by atoms with E-state index >= 15 is 0 Å². The summed E-state index contributed by atoms with van der Waals surface area (Å²) >= 11 is 4.72. The lowest BCUT2D eigenvalue weighted by molar-refractivity contribution is 0.599. The Bertz CT molecular complexity index is 701. The molecule has 0 atom stereocenters. The second kappa shape index (κ2) is 7.35. The van der Waals surface area contributed by atoms with E-state index in [1.165, 1.54) is 11.3 Å². The lowest BCUT2D eigenvalue weighted by Gasteiger charge is -2.10. The molecule has 0 saturated carbocycles. The van der Waals surface area contributed by atoms with Crippen LogP contribution in [-0.4, -0.2) is 19.9 Å². The molecular formula is C13H16BrN3O2S2. The van der Waals surface area contributed by atoms with Crippen molar-refractivity contribution in [2.75, 3.05) is 11.3 Å². The minimum Gasteiger partial charge on any atom is -0.312 e. The van der Waals surface area contributed by atoms with Crippen LogP contribution >= 0.6 is 27.3 Å². The summed E-state index contributed by atoms with van der Waals surface area (Å²) in [4.78, 5) is 5.04. The fraction of sp³-hybridized carbons (Fsp3) is 0.308. The van der Waals surface area contributed by atoms with Gasteiger partial charge in [0.15, 0.2) is 0 Å². The van der Waals surface area contributed by atoms with Gasteiger partial charge in [-0.1, -0.05) is 6.92 Å². The van der Waals surface area contributed by atoms with Gasteiger partial charge in [-0.3, -0.25) is 9.71 Å². The maximum atomic E-state index is 12.5. The molecule has 114 valence electrons. The van der Waals surface area contributed by atoms with Gasteiger partial charge < -0.3 is 5.32 Å². The molecule has 2 aromatic heterocycles. The SMILES string of the molecule is CCCNCc1sccc1S(=O)(=O)Nc1ccncc1Br. The van der Waals surface area contributed by atoms with Crippen molar-refractivity contribution in [3.05, 3.63) is 39.3 Å². The molecule has 5 nitrogen and oxygen atoms in total. The summed E-state index contributed by atoms with van der Waals surface area (Å²) in [6.07, 6.45) is 4.10. The molecule has 0 spiro atoms. The minimum atomic E-state index is -3.60. The molecule has 2 heterocycles. The van der Waals surface area contributed by atoms with Gasteiger partial charge in [-0.2, -0.15) is 0 Å². The molecule has 21 heavy (non-hydrogen) atoms. The zero-order chi connectivity index (χ0) is 15.3. The summed E-state index contributed by atoms with van der Waals surface area (Å²) in [6, 6.07) is 3.24. The number of thiophene rings is 1. The van der Waals surface area contributed by atoms with E-state index in [0.29, 0.717) is 21.6 Å². The Morgan fingerprint density at radius 2 is 2.19 bits per heavy atom. The van der Waals surface area contributed by atoms with Crippen molar-refractivity contribution in [2.45, 2.75) is 24.8 Å². The molecule has 0 fully saturated rings. The van der Waals surface area contributed by atoms with E-state index in [-0.39, 0.29) is 0 Å². The first-order valence-corrected chi connectivity index (χ1v) is 9.59. The molecule has 0 aliphatic carbocycles. The van der Waals surface area contributed by atoms with Gasteiger partial charge in [-0.05, 0) is 46.4 Å². The topological polar surface area (TPSA) is 71.1 Å². The average Bonchev–Trinajstić information content (AvgIpc) is 2.91. The quantitative estimate of drug-likeness (QED) is 0.713. The summed E-state index contributed by atoms with van der Waals surface area (Å²) in [5.41, 5.74) is 0.476. The number of hydrogen-bond acceptors (Lipinski definition) is 5. The van der Waals surface area contributed by atoms with Gasteiger partial charge in [0.25, 0.3) is 10.0 Å². The molecule has 0 unspecified atom stereocenters. The van der Waals surface area contributed by atoms with Crippen LogP contribution in [0.2, 0.25) is 0 Å². The lowest BCUT2D eigenvalue weighted by Crippen LogP contribution is -2.18. The first-order valence-electron chi connectivity index (χ1n) is 6.44. The van der Waals surface area contributed by atoms with Gasteiger partial charge in [0.2, 0.25) is 0 Å². The van der Waals surface area contributed by atoms with Gasteiger partial charge in [-0.15, -0.1) is 11.3 Å². The first-order chi connectivity index (χ1) is 10.0. The Morgan fingerprint density at radius 3 is 2.90 bits per heavy atom. The van der Waals surface area contributed by atoms with Crippen LogP contribution < -0.4 is 10.0 Å². The summed E-state index contributed by atoms with van der Waals surface area (Å²) in [5, 5.41) is 5.01. The number of nitrogens with zero attached hydrogens (tertiary/aromatic N) is 1. The monoisotopic (exact) mass is 389 g/mol. The fourth-order valence-corrected chi connectivity index (χ4v) is 4.71. The molecule has 0 bridgehead atoms. The molecule has 0 amide bonds. The number of sulfonamides is 1. The van der Waals surface area contributed by atoms with Crippen LogP contribution in [0.15, 0.2) is 39.3 Å². The summed E-state index contributed by atoms with van der Waals surface area (Å²) < 4.78 is 28.2. The third kappa shape index (κ3) is 4.26. The Kier molecular flexibility index (Phi) is 5.74. The zero-order valence-electron chi connectivity index (χ0n) is 11.5. The molecule has 0 saturated heterocycles. The Balaban J connectivity index is 2.20. The maximum absolute atomic E-state index is 12.5. The molecule has 2 aromatic rings. The van der Waals surface area contributed by atoms with Crippen LogP contribution in [0.5, 0.6) is 0 Å². The van der Waals surface area contributed by atoms with E-state index < -0.39 is 10.0 Å². The molecule has 2 N–H and O–H groups in total. The van der Waals surface area contributed by atoms with E-state index in [4.69, 9.17) is 0 Å². The first kappa shape index (κ1) is 16.4.